The normalized spacial score (nSPS) is 19.7. The number of piperidine rings is 1. The summed E-state index contributed by atoms with van der Waals surface area (Å²) in [4.78, 5) is 30.4. The summed E-state index contributed by atoms with van der Waals surface area (Å²) < 4.78 is 0. The smallest absolute Gasteiger partial charge is 0.225 e. The van der Waals surface area contributed by atoms with Gasteiger partial charge in [-0.3, -0.25) is 9.69 Å². The molecule has 0 radical (unpaired) electrons. The second-order valence-electron chi connectivity index (χ2n) is 7.55. The summed E-state index contributed by atoms with van der Waals surface area (Å²) in [6.45, 7) is 8.95. The Labute approximate surface area is 157 Å². The lowest BCUT2D eigenvalue weighted by Gasteiger charge is -2.39. The van der Waals surface area contributed by atoms with E-state index in [1.54, 1.807) is 6.33 Å². The highest BCUT2D eigenvalue weighted by Gasteiger charge is 2.31. The zero-order chi connectivity index (χ0) is 18.5. The van der Waals surface area contributed by atoms with E-state index >= 15 is 0 Å². The third kappa shape index (κ3) is 4.26. The number of rotatable bonds is 5. The van der Waals surface area contributed by atoms with Gasteiger partial charge in [0.05, 0.1) is 11.9 Å². The molecule has 7 nitrogen and oxygen atoms in total. The lowest BCUT2D eigenvalue weighted by Crippen LogP contribution is -2.51. The topological polar surface area (TPSA) is 55.8 Å². The molecule has 144 valence electrons. The first kappa shape index (κ1) is 18.9. The van der Waals surface area contributed by atoms with E-state index in [1.165, 1.54) is 6.42 Å². The summed E-state index contributed by atoms with van der Waals surface area (Å²) in [5.74, 6) is 1.46. The fourth-order valence-electron chi connectivity index (χ4n) is 4.02. The van der Waals surface area contributed by atoms with Crippen LogP contribution in [-0.2, 0) is 4.79 Å². The molecule has 0 unspecified atom stereocenters. The second kappa shape index (κ2) is 8.66. The lowest BCUT2D eigenvalue weighted by molar-refractivity contribution is -0.138. The zero-order valence-corrected chi connectivity index (χ0v) is 16.4. The first-order valence-electron chi connectivity index (χ1n) is 9.83. The van der Waals surface area contributed by atoms with Crippen LogP contribution in [0.2, 0.25) is 0 Å². The van der Waals surface area contributed by atoms with Gasteiger partial charge in [0, 0.05) is 59.3 Å². The zero-order valence-electron chi connectivity index (χ0n) is 16.4. The van der Waals surface area contributed by atoms with Crippen molar-refractivity contribution in [3.63, 3.8) is 0 Å². The van der Waals surface area contributed by atoms with Crippen molar-refractivity contribution in [3.8, 4) is 0 Å². The van der Waals surface area contributed by atoms with Crippen LogP contribution in [0.1, 0.15) is 26.2 Å². The van der Waals surface area contributed by atoms with Gasteiger partial charge in [0.1, 0.15) is 6.33 Å². The molecule has 1 amide bonds. The summed E-state index contributed by atoms with van der Waals surface area (Å²) in [5, 5.41) is 0. The number of hydrogen-bond donors (Lipinski definition) is 0. The summed E-state index contributed by atoms with van der Waals surface area (Å²) in [6, 6.07) is 0. The van der Waals surface area contributed by atoms with Gasteiger partial charge in [0.25, 0.3) is 0 Å². The maximum atomic E-state index is 12.9. The van der Waals surface area contributed by atoms with Crippen LogP contribution in [0.4, 0.5) is 11.5 Å². The molecule has 3 rings (SSSR count). The summed E-state index contributed by atoms with van der Waals surface area (Å²) >= 11 is 0. The molecule has 0 aliphatic carbocycles. The van der Waals surface area contributed by atoms with E-state index in [1.807, 2.05) is 25.2 Å². The molecule has 0 atom stereocenters. The highest BCUT2D eigenvalue weighted by atomic mass is 16.2. The molecule has 2 fully saturated rings. The molecular weight excluding hydrogens is 328 g/mol. The van der Waals surface area contributed by atoms with Crippen LogP contribution in [0.25, 0.3) is 0 Å². The van der Waals surface area contributed by atoms with Crippen molar-refractivity contribution in [3.05, 3.63) is 12.5 Å². The molecule has 0 bridgehead atoms. The Morgan fingerprint density at radius 3 is 2.46 bits per heavy atom. The van der Waals surface area contributed by atoms with E-state index in [4.69, 9.17) is 0 Å². The van der Waals surface area contributed by atoms with Gasteiger partial charge in [-0.05, 0) is 25.8 Å². The van der Waals surface area contributed by atoms with Crippen molar-refractivity contribution in [2.24, 2.45) is 5.92 Å². The van der Waals surface area contributed by atoms with E-state index in [0.717, 1.165) is 70.2 Å². The van der Waals surface area contributed by atoms with Gasteiger partial charge in [-0.25, -0.2) is 9.97 Å². The molecule has 2 aliphatic rings. The fourth-order valence-corrected chi connectivity index (χ4v) is 4.02. The molecule has 1 aromatic rings. The van der Waals surface area contributed by atoms with Crippen molar-refractivity contribution in [1.82, 2.24) is 19.8 Å². The Kier molecular flexibility index (Phi) is 6.29. The average molecular weight is 361 g/mol. The fraction of sp³-hybridized carbons (Fsp3) is 0.737. The number of nitrogens with zero attached hydrogens (tertiary/aromatic N) is 6. The Morgan fingerprint density at radius 1 is 1.15 bits per heavy atom. The summed E-state index contributed by atoms with van der Waals surface area (Å²) in [7, 11) is 4.00. The van der Waals surface area contributed by atoms with Crippen LogP contribution >= 0.6 is 0 Å². The number of piperazine rings is 1. The highest BCUT2D eigenvalue weighted by Crippen LogP contribution is 2.29. The quantitative estimate of drug-likeness (QED) is 0.789. The van der Waals surface area contributed by atoms with E-state index in [-0.39, 0.29) is 5.92 Å². The van der Waals surface area contributed by atoms with Crippen LogP contribution in [-0.4, -0.2) is 85.6 Å². The van der Waals surface area contributed by atoms with E-state index in [0.29, 0.717) is 5.91 Å². The van der Waals surface area contributed by atoms with Gasteiger partial charge in [-0.15, -0.1) is 0 Å². The number of anilines is 2. The minimum Gasteiger partial charge on any atom is -0.367 e. The standard InChI is InChI=1S/C19H32N6O/c1-4-7-23-10-12-25(13-11-23)19(26)16-5-8-24(9-6-16)17-14-20-15-21-18(17)22(2)3/h14-16H,4-13H2,1-3H3. The summed E-state index contributed by atoms with van der Waals surface area (Å²) in [6.07, 6.45) is 6.49. The third-order valence-corrected chi connectivity index (χ3v) is 5.50. The average Bonchev–Trinajstić information content (AvgIpc) is 2.68. The minimum atomic E-state index is 0.163. The van der Waals surface area contributed by atoms with Gasteiger partial charge in [-0.1, -0.05) is 6.92 Å². The van der Waals surface area contributed by atoms with Crippen LogP contribution in [0.15, 0.2) is 12.5 Å². The Morgan fingerprint density at radius 2 is 1.85 bits per heavy atom. The van der Waals surface area contributed by atoms with Crippen molar-refractivity contribution in [1.29, 1.82) is 0 Å². The van der Waals surface area contributed by atoms with E-state index in [9.17, 15) is 4.79 Å². The van der Waals surface area contributed by atoms with E-state index in [2.05, 4.69) is 31.6 Å². The number of carbonyl (C=O) groups excluding carboxylic acids is 1. The van der Waals surface area contributed by atoms with Gasteiger partial charge in [-0.2, -0.15) is 0 Å². The predicted molar refractivity (Wildman–Crippen MR) is 105 cm³/mol. The maximum Gasteiger partial charge on any atom is 0.225 e. The summed E-state index contributed by atoms with van der Waals surface area (Å²) in [5.41, 5.74) is 1.07. The van der Waals surface area contributed by atoms with Crippen LogP contribution in [0.5, 0.6) is 0 Å². The molecule has 3 heterocycles. The van der Waals surface area contributed by atoms with Gasteiger partial charge in [0.2, 0.25) is 5.91 Å². The monoisotopic (exact) mass is 360 g/mol. The first-order valence-corrected chi connectivity index (χ1v) is 9.83. The molecule has 0 N–H and O–H groups in total. The molecule has 2 aliphatic heterocycles. The Balaban J connectivity index is 1.53. The molecule has 2 saturated heterocycles. The Bertz CT molecular complexity index is 591. The highest BCUT2D eigenvalue weighted by molar-refractivity contribution is 5.79. The van der Waals surface area contributed by atoms with Crippen LogP contribution in [0, 0.1) is 5.92 Å². The lowest BCUT2D eigenvalue weighted by atomic mass is 9.94. The molecule has 1 aromatic heterocycles. The molecule has 0 aromatic carbocycles. The van der Waals surface area contributed by atoms with Gasteiger partial charge >= 0.3 is 0 Å². The molecule has 0 saturated carbocycles. The van der Waals surface area contributed by atoms with Crippen molar-refractivity contribution in [2.75, 3.05) is 69.7 Å². The van der Waals surface area contributed by atoms with Crippen molar-refractivity contribution in [2.45, 2.75) is 26.2 Å². The number of hydrogen-bond acceptors (Lipinski definition) is 6. The molecule has 26 heavy (non-hydrogen) atoms. The van der Waals surface area contributed by atoms with Crippen molar-refractivity contribution < 1.29 is 4.79 Å². The second-order valence-corrected chi connectivity index (χ2v) is 7.55. The number of aromatic nitrogens is 2. The van der Waals surface area contributed by atoms with Crippen LogP contribution in [0.3, 0.4) is 0 Å². The molecule has 7 heteroatoms. The number of amides is 1. The Hall–Kier alpha value is -1.89. The van der Waals surface area contributed by atoms with E-state index < -0.39 is 0 Å². The van der Waals surface area contributed by atoms with Crippen LogP contribution < -0.4 is 9.80 Å². The maximum absolute atomic E-state index is 12.9. The van der Waals surface area contributed by atoms with Gasteiger partial charge < -0.3 is 14.7 Å². The third-order valence-electron chi connectivity index (χ3n) is 5.50. The predicted octanol–water partition coefficient (Wildman–Crippen LogP) is 1.31. The molecule has 0 spiro atoms. The largest absolute Gasteiger partial charge is 0.367 e. The van der Waals surface area contributed by atoms with Crippen molar-refractivity contribution >= 4 is 17.4 Å². The number of carbonyl (C=O) groups is 1. The first-order chi connectivity index (χ1) is 12.6. The van der Waals surface area contributed by atoms with Gasteiger partial charge in [0.15, 0.2) is 5.82 Å². The minimum absolute atomic E-state index is 0.163. The molecular formula is C19H32N6O. The SMILES string of the molecule is CCCN1CCN(C(=O)C2CCN(c3cncnc3N(C)C)CC2)CC1.